The second-order valence-electron chi connectivity index (χ2n) is 4.90. The van der Waals surface area contributed by atoms with Crippen molar-refractivity contribution in [1.82, 2.24) is 9.29 Å². The van der Waals surface area contributed by atoms with E-state index in [2.05, 4.69) is 4.72 Å². The number of nitrogens with two attached hydrogens (primary N) is 2. The zero-order chi connectivity index (χ0) is 17.2. The molecule has 0 saturated heterocycles. The lowest BCUT2D eigenvalue weighted by Gasteiger charge is -2.15. The van der Waals surface area contributed by atoms with E-state index in [1.807, 2.05) is 0 Å². The number of rotatable bonds is 6. The first-order chi connectivity index (χ1) is 10.7. The van der Waals surface area contributed by atoms with Crippen LogP contribution in [0.25, 0.3) is 0 Å². The van der Waals surface area contributed by atoms with E-state index in [9.17, 15) is 18.0 Å². The van der Waals surface area contributed by atoms with Crippen molar-refractivity contribution in [3.63, 3.8) is 0 Å². The van der Waals surface area contributed by atoms with Crippen LogP contribution in [0.2, 0.25) is 0 Å². The summed E-state index contributed by atoms with van der Waals surface area (Å²) >= 11 is 0. The number of primary amides is 2. The van der Waals surface area contributed by atoms with Crippen LogP contribution in [0.1, 0.15) is 22.1 Å². The van der Waals surface area contributed by atoms with Gasteiger partial charge in [0.25, 0.3) is 5.91 Å². The Labute approximate surface area is 133 Å². The van der Waals surface area contributed by atoms with E-state index >= 15 is 0 Å². The molecule has 23 heavy (non-hydrogen) atoms. The van der Waals surface area contributed by atoms with Gasteiger partial charge >= 0.3 is 0 Å². The summed E-state index contributed by atoms with van der Waals surface area (Å²) < 4.78 is 28.4. The molecule has 8 nitrogen and oxygen atoms in total. The Morgan fingerprint density at radius 3 is 2.26 bits per heavy atom. The van der Waals surface area contributed by atoms with Crippen LogP contribution in [0.15, 0.2) is 47.5 Å². The average Bonchev–Trinajstić information content (AvgIpc) is 2.88. The SMILES string of the molecule is Cn1cc(S(=O)(=O)NC(C(N)=O)c2ccccc2)cc1C(N)=O. The number of carbonyl (C=O) groups excluding carboxylic acids is 2. The van der Waals surface area contributed by atoms with Gasteiger partial charge in [0.15, 0.2) is 0 Å². The quantitative estimate of drug-likeness (QED) is 0.662. The smallest absolute Gasteiger partial charge is 0.265 e. The van der Waals surface area contributed by atoms with Gasteiger partial charge in [0.05, 0.1) is 0 Å². The minimum absolute atomic E-state index is 0.0284. The Balaban J connectivity index is 2.37. The highest BCUT2D eigenvalue weighted by atomic mass is 32.2. The molecule has 0 aliphatic heterocycles. The Kier molecular flexibility index (Phi) is 4.52. The number of nitrogens with zero attached hydrogens (tertiary/aromatic N) is 1. The van der Waals surface area contributed by atoms with Crippen LogP contribution >= 0.6 is 0 Å². The average molecular weight is 336 g/mol. The number of sulfonamides is 1. The summed E-state index contributed by atoms with van der Waals surface area (Å²) in [5.41, 5.74) is 10.9. The lowest BCUT2D eigenvalue weighted by Crippen LogP contribution is -2.37. The topological polar surface area (TPSA) is 137 Å². The van der Waals surface area contributed by atoms with Gasteiger partial charge in [-0.25, -0.2) is 8.42 Å². The predicted octanol–water partition coefficient (Wildman–Crippen LogP) is -0.371. The van der Waals surface area contributed by atoms with Gasteiger partial charge in [-0.3, -0.25) is 9.59 Å². The highest BCUT2D eigenvalue weighted by Gasteiger charge is 2.27. The van der Waals surface area contributed by atoms with E-state index < -0.39 is 27.9 Å². The van der Waals surface area contributed by atoms with Gasteiger partial charge in [-0.15, -0.1) is 0 Å². The molecule has 0 radical (unpaired) electrons. The third-order valence-corrected chi connectivity index (χ3v) is 4.62. The number of benzene rings is 1. The molecule has 1 heterocycles. The summed E-state index contributed by atoms with van der Waals surface area (Å²) in [5, 5.41) is 0. The Morgan fingerprint density at radius 1 is 1.17 bits per heavy atom. The molecule has 1 unspecified atom stereocenters. The molecule has 1 aromatic carbocycles. The number of hydrogen-bond acceptors (Lipinski definition) is 4. The lowest BCUT2D eigenvalue weighted by molar-refractivity contribution is -0.119. The van der Waals surface area contributed by atoms with Crippen molar-refractivity contribution in [1.29, 1.82) is 0 Å². The fourth-order valence-corrected chi connectivity index (χ4v) is 3.35. The highest BCUT2D eigenvalue weighted by molar-refractivity contribution is 7.89. The van der Waals surface area contributed by atoms with E-state index in [0.29, 0.717) is 5.56 Å². The molecule has 122 valence electrons. The monoisotopic (exact) mass is 336 g/mol. The molecule has 2 rings (SSSR count). The van der Waals surface area contributed by atoms with Gasteiger partial charge in [0.2, 0.25) is 15.9 Å². The summed E-state index contributed by atoms with van der Waals surface area (Å²) in [7, 11) is -2.58. The Morgan fingerprint density at radius 2 is 1.78 bits per heavy atom. The minimum Gasteiger partial charge on any atom is -0.368 e. The molecule has 0 spiro atoms. The summed E-state index contributed by atoms with van der Waals surface area (Å²) in [6.45, 7) is 0. The van der Waals surface area contributed by atoms with Gasteiger partial charge in [0, 0.05) is 13.2 Å². The normalized spacial score (nSPS) is 12.7. The highest BCUT2D eigenvalue weighted by Crippen LogP contribution is 2.18. The maximum absolute atomic E-state index is 12.4. The van der Waals surface area contributed by atoms with Crippen LogP contribution in [-0.4, -0.2) is 24.8 Å². The van der Waals surface area contributed by atoms with Crippen LogP contribution < -0.4 is 16.2 Å². The maximum Gasteiger partial charge on any atom is 0.265 e. The van der Waals surface area contributed by atoms with Crippen LogP contribution in [-0.2, 0) is 21.9 Å². The molecule has 9 heteroatoms. The van der Waals surface area contributed by atoms with Crippen molar-refractivity contribution in [2.75, 3.05) is 0 Å². The molecule has 0 aliphatic rings. The lowest BCUT2D eigenvalue weighted by atomic mass is 10.1. The predicted molar refractivity (Wildman–Crippen MR) is 82.6 cm³/mol. The fraction of sp³-hybridized carbons (Fsp3) is 0.143. The summed E-state index contributed by atoms with van der Waals surface area (Å²) in [4.78, 5) is 22.6. The Hall–Kier alpha value is -2.65. The van der Waals surface area contributed by atoms with Crippen molar-refractivity contribution in [2.24, 2.45) is 18.5 Å². The molecule has 0 bridgehead atoms. The molecular formula is C14H16N4O4S. The first-order valence-electron chi connectivity index (χ1n) is 6.55. The van der Waals surface area contributed by atoms with E-state index in [1.54, 1.807) is 30.3 Å². The van der Waals surface area contributed by atoms with Gasteiger partial charge in [-0.1, -0.05) is 30.3 Å². The van der Waals surface area contributed by atoms with Crippen molar-refractivity contribution < 1.29 is 18.0 Å². The number of aryl methyl sites for hydroxylation is 1. The maximum atomic E-state index is 12.4. The van der Waals surface area contributed by atoms with Gasteiger partial charge in [-0.05, 0) is 11.6 Å². The molecule has 1 atom stereocenters. The molecular weight excluding hydrogens is 320 g/mol. The Bertz CT molecular complexity index is 843. The number of nitrogens with one attached hydrogen (secondary N) is 1. The van der Waals surface area contributed by atoms with Crippen LogP contribution in [0.3, 0.4) is 0 Å². The third-order valence-electron chi connectivity index (χ3n) is 3.23. The number of aromatic nitrogens is 1. The van der Waals surface area contributed by atoms with Crippen molar-refractivity contribution in [3.8, 4) is 0 Å². The summed E-state index contributed by atoms with van der Waals surface area (Å²) in [6, 6.07) is 8.12. The van der Waals surface area contributed by atoms with Gasteiger partial charge in [0.1, 0.15) is 16.6 Å². The zero-order valence-electron chi connectivity index (χ0n) is 12.3. The molecule has 5 N–H and O–H groups in total. The molecule has 0 aliphatic carbocycles. The standard InChI is InChI=1S/C14H16N4O4S/c1-18-8-10(7-11(18)13(15)19)23(21,22)17-12(14(16)20)9-5-3-2-4-6-9/h2-8,12,17H,1H3,(H2,15,19)(H2,16,20). The van der Waals surface area contributed by atoms with E-state index in [1.165, 1.54) is 17.8 Å². The summed E-state index contributed by atoms with van der Waals surface area (Å²) in [5.74, 6) is -1.60. The first kappa shape index (κ1) is 16.7. The number of hydrogen-bond donors (Lipinski definition) is 3. The number of carbonyl (C=O) groups is 2. The first-order valence-corrected chi connectivity index (χ1v) is 8.03. The van der Waals surface area contributed by atoms with E-state index in [-0.39, 0.29) is 10.6 Å². The van der Waals surface area contributed by atoms with Crippen molar-refractivity contribution >= 4 is 21.8 Å². The molecule has 2 amide bonds. The van der Waals surface area contributed by atoms with E-state index in [4.69, 9.17) is 11.5 Å². The van der Waals surface area contributed by atoms with Gasteiger partial charge in [-0.2, -0.15) is 4.72 Å². The van der Waals surface area contributed by atoms with Crippen LogP contribution in [0.5, 0.6) is 0 Å². The minimum atomic E-state index is -4.07. The fourth-order valence-electron chi connectivity index (χ4n) is 2.09. The van der Waals surface area contributed by atoms with Crippen LogP contribution in [0.4, 0.5) is 0 Å². The number of amides is 2. The zero-order valence-corrected chi connectivity index (χ0v) is 13.1. The molecule has 0 fully saturated rings. The largest absolute Gasteiger partial charge is 0.368 e. The third kappa shape index (κ3) is 3.58. The van der Waals surface area contributed by atoms with Crippen LogP contribution in [0, 0.1) is 0 Å². The molecule has 1 aromatic heterocycles. The second-order valence-corrected chi connectivity index (χ2v) is 6.62. The molecule has 2 aromatic rings. The van der Waals surface area contributed by atoms with Crippen molar-refractivity contribution in [2.45, 2.75) is 10.9 Å². The summed E-state index contributed by atoms with van der Waals surface area (Å²) in [6.07, 6.45) is 1.23. The second kappa shape index (κ2) is 6.23. The molecule has 0 saturated carbocycles. The van der Waals surface area contributed by atoms with Gasteiger partial charge < -0.3 is 16.0 Å². The van der Waals surface area contributed by atoms with E-state index in [0.717, 1.165) is 6.07 Å². The van der Waals surface area contributed by atoms with Crippen molar-refractivity contribution in [3.05, 3.63) is 53.9 Å².